The number of benzene rings is 2. The molecule has 0 aliphatic carbocycles. The van der Waals surface area contributed by atoms with Gasteiger partial charge in [-0.3, -0.25) is 9.48 Å². The van der Waals surface area contributed by atoms with Gasteiger partial charge < -0.3 is 9.15 Å². The molecule has 0 radical (unpaired) electrons. The highest BCUT2D eigenvalue weighted by Crippen LogP contribution is 2.36. The minimum Gasteiger partial charge on any atom is -0.481 e. The quantitative estimate of drug-likeness (QED) is 0.486. The van der Waals surface area contributed by atoms with E-state index in [1.54, 1.807) is 16.9 Å². The third-order valence-electron chi connectivity index (χ3n) is 4.73. The first-order chi connectivity index (χ1) is 13.4. The molecule has 2 aromatic carbocycles. The van der Waals surface area contributed by atoms with Crippen molar-refractivity contribution >= 4 is 22.6 Å². The minimum absolute atomic E-state index is 0.146. The lowest BCUT2D eigenvalue weighted by Gasteiger charge is -2.13. The van der Waals surface area contributed by atoms with Crippen LogP contribution in [0.15, 0.2) is 58.0 Å². The van der Waals surface area contributed by atoms with E-state index in [1.807, 2.05) is 57.4 Å². The van der Waals surface area contributed by atoms with Gasteiger partial charge in [0, 0.05) is 24.4 Å². The molecule has 0 fully saturated rings. The van der Waals surface area contributed by atoms with Crippen molar-refractivity contribution in [3.63, 3.8) is 0 Å². The molecule has 2 aromatic heterocycles. The van der Waals surface area contributed by atoms with Gasteiger partial charge in [0.15, 0.2) is 5.76 Å². The molecule has 0 spiro atoms. The Morgan fingerprint density at radius 3 is 2.64 bits per heavy atom. The largest absolute Gasteiger partial charge is 0.481 e. The molecule has 2 heterocycles. The van der Waals surface area contributed by atoms with Crippen LogP contribution in [-0.2, 0) is 13.7 Å². The summed E-state index contributed by atoms with van der Waals surface area (Å²) in [5.74, 6) is 0.475. The molecule has 4 rings (SSSR count). The smallest absolute Gasteiger partial charge is 0.235 e. The van der Waals surface area contributed by atoms with E-state index in [0.717, 1.165) is 16.7 Å². The molecular weight excluding hydrogens is 376 g/mol. The molecule has 28 heavy (non-hydrogen) atoms. The molecule has 0 unspecified atom stereocenters. The third kappa shape index (κ3) is 3.29. The molecule has 0 saturated carbocycles. The third-order valence-corrected chi connectivity index (χ3v) is 5.05. The van der Waals surface area contributed by atoms with E-state index in [4.69, 9.17) is 20.8 Å². The lowest BCUT2D eigenvalue weighted by atomic mass is 10.0. The summed E-state index contributed by atoms with van der Waals surface area (Å²) in [7, 11) is 1.83. The number of ether oxygens (including phenoxy) is 1. The Morgan fingerprint density at radius 2 is 1.93 bits per heavy atom. The molecule has 0 atom stereocenters. The minimum atomic E-state index is -0.219. The maximum atomic E-state index is 13.3. The predicted molar refractivity (Wildman–Crippen MR) is 110 cm³/mol. The van der Waals surface area contributed by atoms with Gasteiger partial charge in [0.1, 0.15) is 12.2 Å². The normalized spacial score (nSPS) is 11.1. The zero-order chi connectivity index (χ0) is 19.8. The van der Waals surface area contributed by atoms with E-state index in [2.05, 4.69) is 5.10 Å². The van der Waals surface area contributed by atoms with Crippen molar-refractivity contribution in [2.45, 2.75) is 20.5 Å². The fourth-order valence-electron chi connectivity index (χ4n) is 3.09. The van der Waals surface area contributed by atoms with Crippen molar-refractivity contribution in [1.82, 2.24) is 9.78 Å². The van der Waals surface area contributed by atoms with Gasteiger partial charge in [-0.15, -0.1) is 0 Å². The van der Waals surface area contributed by atoms with Crippen LogP contribution >= 0.6 is 11.6 Å². The summed E-state index contributed by atoms with van der Waals surface area (Å²) < 4.78 is 13.8. The molecule has 0 aliphatic rings. The van der Waals surface area contributed by atoms with Gasteiger partial charge in [0.05, 0.1) is 16.6 Å². The number of halogens is 1. The van der Waals surface area contributed by atoms with Crippen molar-refractivity contribution in [3.05, 3.63) is 80.7 Å². The van der Waals surface area contributed by atoms with Crippen molar-refractivity contribution in [3.8, 4) is 17.1 Å². The molecule has 5 nitrogen and oxygen atoms in total. The van der Waals surface area contributed by atoms with Crippen LogP contribution in [0.1, 0.15) is 16.7 Å². The Morgan fingerprint density at radius 1 is 1.18 bits per heavy atom. The van der Waals surface area contributed by atoms with Crippen LogP contribution in [0.3, 0.4) is 0 Å². The first kappa shape index (κ1) is 18.3. The molecular formula is C22H19ClN2O3. The van der Waals surface area contributed by atoms with Crippen molar-refractivity contribution < 1.29 is 9.15 Å². The highest BCUT2D eigenvalue weighted by molar-refractivity contribution is 6.33. The second kappa shape index (κ2) is 7.17. The topological polar surface area (TPSA) is 57.3 Å². The van der Waals surface area contributed by atoms with Crippen LogP contribution < -0.4 is 10.2 Å². The fraction of sp³-hybridized carbons (Fsp3) is 0.182. The fourth-order valence-corrected chi connectivity index (χ4v) is 3.31. The molecule has 4 aromatic rings. The second-order valence-electron chi connectivity index (χ2n) is 6.81. The van der Waals surface area contributed by atoms with E-state index < -0.39 is 0 Å². The number of nitrogens with zero attached hydrogens (tertiary/aromatic N) is 2. The molecule has 0 amide bonds. The van der Waals surface area contributed by atoms with Gasteiger partial charge in [-0.2, -0.15) is 5.10 Å². The zero-order valence-electron chi connectivity index (χ0n) is 15.8. The summed E-state index contributed by atoms with van der Waals surface area (Å²) >= 11 is 6.38. The van der Waals surface area contributed by atoms with Crippen LogP contribution in [-0.4, -0.2) is 9.78 Å². The van der Waals surface area contributed by atoms with E-state index >= 15 is 0 Å². The van der Waals surface area contributed by atoms with Crippen molar-refractivity contribution in [1.29, 1.82) is 0 Å². The maximum absolute atomic E-state index is 13.3. The Balaban J connectivity index is 1.92. The molecule has 6 heteroatoms. The monoisotopic (exact) mass is 394 g/mol. The predicted octanol–water partition coefficient (Wildman–Crippen LogP) is 5.04. The number of aryl methyl sites for hydroxylation is 3. The number of hydrogen-bond donors (Lipinski definition) is 0. The Kier molecular flexibility index (Phi) is 4.69. The van der Waals surface area contributed by atoms with Crippen molar-refractivity contribution in [2.24, 2.45) is 7.05 Å². The standard InChI is InChI=1S/C22H19ClN2O3/c1-13-8-17-19(9-14(13)2)28-21(16-6-4-5-7-18(16)23)22(20(17)26)27-12-15-10-24-25(3)11-15/h4-11H,12H2,1-3H3. The van der Waals surface area contributed by atoms with E-state index in [9.17, 15) is 4.79 Å². The molecule has 0 aliphatic heterocycles. The first-order valence-corrected chi connectivity index (χ1v) is 9.25. The zero-order valence-corrected chi connectivity index (χ0v) is 16.6. The number of aromatic nitrogens is 2. The first-order valence-electron chi connectivity index (χ1n) is 8.87. The maximum Gasteiger partial charge on any atom is 0.235 e. The highest BCUT2D eigenvalue weighted by Gasteiger charge is 2.20. The highest BCUT2D eigenvalue weighted by atomic mass is 35.5. The summed E-state index contributed by atoms with van der Waals surface area (Å²) in [6.45, 7) is 4.15. The summed E-state index contributed by atoms with van der Waals surface area (Å²) in [5.41, 5.74) is 3.82. The average Bonchev–Trinajstić information content (AvgIpc) is 3.08. The van der Waals surface area contributed by atoms with E-state index in [1.165, 1.54) is 0 Å². The average molecular weight is 395 g/mol. The summed E-state index contributed by atoms with van der Waals surface area (Å²) in [5, 5.41) is 5.10. The number of fused-ring (bicyclic) bond motifs is 1. The Hall–Kier alpha value is -3.05. The van der Waals surface area contributed by atoms with E-state index in [-0.39, 0.29) is 17.8 Å². The van der Waals surface area contributed by atoms with Crippen LogP contribution in [0.2, 0.25) is 5.02 Å². The summed E-state index contributed by atoms with van der Waals surface area (Å²) in [6.07, 6.45) is 3.54. The van der Waals surface area contributed by atoms with Gasteiger partial charge in [-0.1, -0.05) is 23.7 Å². The molecule has 0 bridgehead atoms. The Bertz CT molecular complexity index is 1240. The SMILES string of the molecule is Cc1cc2oc(-c3ccccc3Cl)c(OCc3cnn(C)c3)c(=O)c2cc1C. The van der Waals surface area contributed by atoms with Crippen LogP contribution in [0, 0.1) is 13.8 Å². The summed E-state index contributed by atoms with van der Waals surface area (Å²) in [6, 6.07) is 10.9. The Labute approximate surface area is 167 Å². The lowest BCUT2D eigenvalue weighted by Crippen LogP contribution is -2.10. The van der Waals surface area contributed by atoms with Crippen molar-refractivity contribution in [2.75, 3.05) is 0 Å². The number of rotatable bonds is 4. The van der Waals surface area contributed by atoms with Crippen LogP contribution in [0.25, 0.3) is 22.3 Å². The number of hydrogen-bond acceptors (Lipinski definition) is 4. The lowest BCUT2D eigenvalue weighted by molar-refractivity contribution is 0.298. The van der Waals surface area contributed by atoms with Gasteiger partial charge >= 0.3 is 0 Å². The van der Waals surface area contributed by atoms with E-state index in [0.29, 0.717) is 27.3 Å². The van der Waals surface area contributed by atoms with Gasteiger partial charge in [-0.25, -0.2) is 0 Å². The van der Waals surface area contributed by atoms with Crippen LogP contribution in [0.4, 0.5) is 0 Å². The molecule has 142 valence electrons. The van der Waals surface area contributed by atoms with Crippen LogP contribution in [0.5, 0.6) is 5.75 Å². The molecule has 0 saturated heterocycles. The van der Waals surface area contributed by atoms with Gasteiger partial charge in [0.2, 0.25) is 11.2 Å². The van der Waals surface area contributed by atoms with Gasteiger partial charge in [-0.05, 0) is 49.2 Å². The molecule has 0 N–H and O–H groups in total. The summed E-state index contributed by atoms with van der Waals surface area (Å²) in [4.78, 5) is 13.3. The second-order valence-corrected chi connectivity index (χ2v) is 7.22. The van der Waals surface area contributed by atoms with Gasteiger partial charge in [0.25, 0.3) is 0 Å².